The Bertz CT molecular complexity index is 689. The molecule has 0 fully saturated rings. The minimum absolute atomic E-state index is 0. The predicted molar refractivity (Wildman–Crippen MR) is 77.3 cm³/mol. The molecule has 0 aliphatic heterocycles. The quantitative estimate of drug-likeness (QED) is 0.601. The Balaban J connectivity index is 0.000000644. The average molecular weight is 332 g/mol. The summed E-state index contributed by atoms with van der Waals surface area (Å²) in [5.41, 5.74) is 1.23. The van der Waals surface area contributed by atoms with Crippen LogP contribution in [0.3, 0.4) is 0 Å². The summed E-state index contributed by atoms with van der Waals surface area (Å²) in [7, 11) is -4.67. The zero-order chi connectivity index (χ0) is 16.0. The number of carboxylic acid groups (broad SMARTS) is 1. The van der Waals surface area contributed by atoms with Crippen molar-refractivity contribution in [2.45, 2.75) is 12.8 Å². The highest BCUT2D eigenvalue weighted by molar-refractivity contribution is 7.79. The fraction of sp³-hybridized carbons (Fsp3) is 0.167. The molecule has 0 spiro atoms. The number of imidazole rings is 1. The van der Waals surface area contributed by atoms with Crippen molar-refractivity contribution >= 4 is 16.4 Å². The number of nitrogens with zero attached hydrogens (tertiary/aromatic N) is 1. The van der Waals surface area contributed by atoms with Crippen LogP contribution in [0.2, 0.25) is 0 Å². The standard InChI is InChI=1S/C12H12N2O2.H2O4S.H2O/c1-8(9-5-3-2-4-6-9)11-13-7-10(14-11)12(15)16;1-5(2,3)4;/h2-8H,1H3,(H,13,14)(H,15,16);(H2,1,2,3,4);1H2. The van der Waals surface area contributed by atoms with Crippen LogP contribution in [-0.2, 0) is 10.4 Å². The lowest BCUT2D eigenvalue weighted by Crippen LogP contribution is -2.00. The molecule has 0 saturated heterocycles. The van der Waals surface area contributed by atoms with E-state index in [9.17, 15) is 4.79 Å². The summed E-state index contributed by atoms with van der Waals surface area (Å²) in [5, 5.41) is 8.78. The van der Waals surface area contributed by atoms with Gasteiger partial charge in [0.2, 0.25) is 0 Å². The molecule has 22 heavy (non-hydrogen) atoms. The number of benzene rings is 1. The van der Waals surface area contributed by atoms with E-state index >= 15 is 0 Å². The number of aromatic carboxylic acids is 1. The third kappa shape index (κ3) is 6.95. The second-order valence-corrected chi connectivity index (χ2v) is 4.96. The van der Waals surface area contributed by atoms with Crippen molar-refractivity contribution in [3.8, 4) is 0 Å². The lowest BCUT2D eigenvalue weighted by molar-refractivity contribution is 0.0691. The Hall–Kier alpha value is -2.27. The molecule has 0 aliphatic carbocycles. The number of aromatic amines is 1. The van der Waals surface area contributed by atoms with Gasteiger partial charge < -0.3 is 15.6 Å². The molecular formula is C12H16N2O7S. The van der Waals surface area contributed by atoms with Crippen LogP contribution >= 0.6 is 0 Å². The van der Waals surface area contributed by atoms with Gasteiger partial charge in [0.25, 0.3) is 0 Å². The van der Waals surface area contributed by atoms with Crippen LogP contribution in [0.1, 0.15) is 34.7 Å². The number of aromatic nitrogens is 2. The van der Waals surface area contributed by atoms with Crippen molar-refractivity contribution in [3.63, 3.8) is 0 Å². The molecule has 1 atom stereocenters. The Morgan fingerprint density at radius 1 is 1.23 bits per heavy atom. The van der Waals surface area contributed by atoms with Crippen molar-refractivity contribution in [2.24, 2.45) is 0 Å². The molecule has 1 heterocycles. The molecule has 1 unspecified atom stereocenters. The van der Waals surface area contributed by atoms with Gasteiger partial charge in [-0.3, -0.25) is 9.11 Å². The largest absolute Gasteiger partial charge is 0.477 e. The SMILES string of the molecule is CC(c1ccccc1)c1ncc(C(=O)O)[nH]1.O.O=S(=O)(O)O. The van der Waals surface area contributed by atoms with Crippen molar-refractivity contribution in [2.75, 3.05) is 0 Å². The van der Waals surface area contributed by atoms with Crippen molar-refractivity contribution in [3.05, 3.63) is 53.6 Å². The number of hydrogen-bond donors (Lipinski definition) is 4. The number of rotatable bonds is 3. The molecular weight excluding hydrogens is 316 g/mol. The first-order chi connectivity index (χ1) is 9.68. The summed E-state index contributed by atoms with van der Waals surface area (Å²) < 4.78 is 31.6. The van der Waals surface area contributed by atoms with E-state index in [1.165, 1.54) is 6.20 Å². The van der Waals surface area contributed by atoms with E-state index in [0.717, 1.165) is 5.56 Å². The lowest BCUT2D eigenvalue weighted by atomic mass is 10.0. The normalized spacial score (nSPS) is 11.6. The van der Waals surface area contributed by atoms with Gasteiger partial charge in [0.05, 0.1) is 6.20 Å². The fourth-order valence-electron chi connectivity index (χ4n) is 1.56. The number of carbonyl (C=O) groups is 1. The van der Waals surface area contributed by atoms with E-state index in [-0.39, 0.29) is 17.1 Å². The second kappa shape index (κ2) is 8.24. The zero-order valence-corrected chi connectivity index (χ0v) is 12.3. The third-order valence-electron chi connectivity index (χ3n) is 2.54. The molecule has 1 aromatic heterocycles. The lowest BCUT2D eigenvalue weighted by Gasteiger charge is -2.07. The van der Waals surface area contributed by atoms with Crippen LogP contribution in [-0.4, -0.2) is 44.0 Å². The molecule has 0 saturated carbocycles. The maximum absolute atomic E-state index is 10.7. The van der Waals surface area contributed by atoms with E-state index in [2.05, 4.69) is 9.97 Å². The van der Waals surface area contributed by atoms with Gasteiger partial charge in [-0.2, -0.15) is 8.42 Å². The monoisotopic (exact) mass is 332 g/mol. The summed E-state index contributed by atoms with van der Waals surface area (Å²) in [6.07, 6.45) is 1.34. The number of H-pyrrole nitrogens is 1. The molecule has 0 bridgehead atoms. The van der Waals surface area contributed by atoms with Crippen LogP contribution in [0.4, 0.5) is 0 Å². The molecule has 2 rings (SSSR count). The van der Waals surface area contributed by atoms with E-state index in [1.807, 2.05) is 37.3 Å². The van der Waals surface area contributed by atoms with Gasteiger partial charge in [0.1, 0.15) is 11.5 Å². The summed E-state index contributed by atoms with van der Waals surface area (Å²) in [6, 6.07) is 9.84. The van der Waals surface area contributed by atoms with Crippen LogP contribution in [0.25, 0.3) is 0 Å². The van der Waals surface area contributed by atoms with Crippen LogP contribution in [0, 0.1) is 0 Å². The highest BCUT2D eigenvalue weighted by Gasteiger charge is 2.14. The third-order valence-corrected chi connectivity index (χ3v) is 2.54. The van der Waals surface area contributed by atoms with Gasteiger partial charge in [-0.05, 0) is 5.56 Å². The minimum Gasteiger partial charge on any atom is -0.477 e. The first-order valence-electron chi connectivity index (χ1n) is 5.71. The van der Waals surface area contributed by atoms with E-state index in [4.69, 9.17) is 22.6 Å². The molecule has 0 radical (unpaired) electrons. The molecule has 10 heteroatoms. The number of hydrogen-bond acceptors (Lipinski definition) is 4. The predicted octanol–water partition coefficient (Wildman–Crippen LogP) is 0.782. The van der Waals surface area contributed by atoms with Crippen molar-refractivity contribution < 1.29 is 32.9 Å². The van der Waals surface area contributed by atoms with Crippen LogP contribution < -0.4 is 0 Å². The minimum atomic E-state index is -4.67. The highest BCUT2D eigenvalue weighted by Crippen LogP contribution is 2.20. The highest BCUT2D eigenvalue weighted by atomic mass is 32.3. The Morgan fingerprint density at radius 2 is 1.73 bits per heavy atom. The molecule has 1 aromatic carbocycles. The van der Waals surface area contributed by atoms with Gasteiger partial charge in [-0.15, -0.1) is 0 Å². The molecule has 122 valence electrons. The Kier molecular flexibility index (Phi) is 7.39. The van der Waals surface area contributed by atoms with Crippen LogP contribution in [0.15, 0.2) is 36.5 Å². The molecule has 0 amide bonds. The average Bonchev–Trinajstić information content (AvgIpc) is 2.86. The topological polar surface area (TPSA) is 172 Å². The molecule has 2 aromatic rings. The van der Waals surface area contributed by atoms with Gasteiger partial charge in [0, 0.05) is 5.92 Å². The Labute approximate surface area is 126 Å². The summed E-state index contributed by atoms with van der Waals surface area (Å²) >= 11 is 0. The maximum Gasteiger partial charge on any atom is 0.394 e. The van der Waals surface area contributed by atoms with E-state index < -0.39 is 16.4 Å². The Morgan fingerprint density at radius 3 is 2.14 bits per heavy atom. The maximum atomic E-state index is 10.7. The fourth-order valence-corrected chi connectivity index (χ4v) is 1.56. The van der Waals surface area contributed by atoms with Gasteiger partial charge in [-0.25, -0.2) is 9.78 Å². The summed E-state index contributed by atoms with van der Waals surface area (Å²) in [6.45, 7) is 1.99. The van der Waals surface area contributed by atoms with Gasteiger partial charge in [0.15, 0.2) is 0 Å². The number of nitrogens with one attached hydrogen (secondary N) is 1. The van der Waals surface area contributed by atoms with Gasteiger partial charge >= 0.3 is 16.4 Å². The van der Waals surface area contributed by atoms with E-state index in [0.29, 0.717) is 5.82 Å². The smallest absolute Gasteiger partial charge is 0.394 e. The second-order valence-electron chi connectivity index (χ2n) is 4.07. The number of carboxylic acids is 1. The molecule has 0 aliphatic rings. The zero-order valence-electron chi connectivity index (χ0n) is 11.5. The van der Waals surface area contributed by atoms with Gasteiger partial charge in [-0.1, -0.05) is 37.3 Å². The van der Waals surface area contributed by atoms with Crippen molar-refractivity contribution in [1.82, 2.24) is 9.97 Å². The first kappa shape index (κ1) is 19.7. The first-order valence-corrected chi connectivity index (χ1v) is 7.11. The molecule has 6 N–H and O–H groups in total. The molecule has 9 nitrogen and oxygen atoms in total. The summed E-state index contributed by atoms with van der Waals surface area (Å²) in [5.74, 6) is -0.253. The summed E-state index contributed by atoms with van der Waals surface area (Å²) in [4.78, 5) is 17.6. The van der Waals surface area contributed by atoms with Crippen LogP contribution in [0.5, 0.6) is 0 Å². The van der Waals surface area contributed by atoms with E-state index in [1.54, 1.807) is 0 Å². The van der Waals surface area contributed by atoms with Crippen molar-refractivity contribution in [1.29, 1.82) is 0 Å².